The van der Waals surface area contributed by atoms with Gasteiger partial charge in [0.2, 0.25) is 0 Å². The second kappa shape index (κ2) is 6.13. The lowest BCUT2D eigenvalue weighted by Crippen LogP contribution is -2.51. The minimum atomic E-state index is 0.704. The van der Waals surface area contributed by atoms with Crippen molar-refractivity contribution in [3.8, 4) is 6.07 Å². The summed E-state index contributed by atoms with van der Waals surface area (Å²) in [5.41, 5.74) is 1.81. The molecule has 2 aliphatic heterocycles. The number of nitrogens with one attached hydrogen (secondary N) is 1. The minimum Gasteiger partial charge on any atom is -0.368 e. The summed E-state index contributed by atoms with van der Waals surface area (Å²) in [5, 5.41) is 12.8. The van der Waals surface area contributed by atoms with Crippen LogP contribution in [0.5, 0.6) is 0 Å². The fourth-order valence-corrected chi connectivity index (χ4v) is 3.61. The molecule has 106 valence electrons. The summed E-state index contributed by atoms with van der Waals surface area (Å²) in [4.78, 5) is 4.92. The van der Waals surface area contributed by atoms with Crippen molar-refractivity contribution in [1.82, 2.24) is 10.2 Å². The lowest BCUT2D eigenvalue weighted by Gasteiger charge is -2.39. The van der Waals surface area contributed by atoms with Gasteiger partial charge in [0.15, 0.2) is 0 Å². The molecule has 0 saturated carbocycles. The number of rotatable bonds is 2. The average molecular weight is 335 g/mol. The van der Waals surface area contributed by atoms with Gasteiger partial charge in [-0.1, -0.05) is 6.07 Å². The molecule has 20 heavy (non-hydrogen) atoms. The number of nitrogens with zero attached hydrogens (tertiary/aromatic N) is 3. The van der Waals surface area contributed by atoms with Crippen molar-refractivity contribution >= 4 is 21.6 Å². The SMILES string of the molecule is N#Cc1c(Br)cccc1N1CCN(C2CCNC2)CC1. The van der Waals surface area contributed by atoms with Gasteiger partial charge in [-0.2, -0.15) is 5.26 Å². The first-order valence-electron chi connectivity index (χ1n) is 7.18. The molecule has 2 heterocycles. The van der Waals surface area contributed by atoms with Crippen molar-refractivity contribution in [2.45, 2.75) is 12.5 Å². The van der Waals surface area contributed by atoms with E-state index < -0.39 is 0 Å². The lowest BCUT2D eigenvalue weighted by atomic mass is 10.1. The Kier molecular flexibility index (Phi) is 4.25. The molecule has 0 spiro atoms. The van der Waals surface area contributed by atoms with Crippen molar-refractivity contribution in [3.05, 3.63) is 28.2 Å². The first-order chi connectivity index (χ1) is 9.79. The number of nitriles is 1. The third-order valence-corrected chi connectivity index (χ3v) is 4.97. The quantitative estimate of drug-likeness (QED) is 0.895. The van der Waals surface area contributed by atoms with Gasteiger partial charge in [-0.15, -0.1) is 0 Å². The normalized spacial score (nSPS) is 23.8. The summed E-state index contributed by atoms with van der Waals surface area (Å²) in [7, 11) is 0. The fraction of sp³-hybridized carbons (Fsp3) is 0.533. The zero-order chi connectivity index (χ0) is 13.9. The zero-order valence-corrected chi connectivity index (χ0v) is 13.1. The monoisotopic (exact) mass is 334 g/mol. The van der Waals surface area contributed by atoms with Crippen LogP contribution in [-0.2, 0) is 0 Å². The zero-order valence-electron chi connectivity index (χ0n) is 11.5. The van der Waals surface area contributed by atoms with Gasteiger partial charge in [0.25, 0.3) is 0 Å². The van der Waals surface area contributed by atoms with E-state index in [1.54, 1.807) is 0 Å². The molecule has 1 N–H and O–H groups in total. The van der Waals surface area contributed by atoms with E-state index in [-0.39, 0.29) is 0 Å². The highest BCUT2D eigenvalue weighted by Crippen LogP contribution is 2.28. The summed E-state index contributed by atoms with van der Waals surface area (Å²) in [6.45, 7) is 6.45. The third kappa shape index (κ3) is 2.69. The fourth-order valence-electron chi connectivity index (χ4n) is 3.17. The van der Waals surface area contributed by atoms with Crippen LogP contribution in [0.2, 0.25) is 0 Å². The summed E-state index contributed by atoms with van der Waals surface area (Å²) >= 11 is 3.47. The number of anilines is 1. The molecule has 1 aromatic carbocycles. The van der Waals surface area contributed by atoms with Gasteiger partial charge in [-0.25, -0.2) is 0 Å². The Morgan fingerprint density at radius 1 is 1.25 bits per heavy atom. The average Bonchev–Trinajstić information content (AvgIpc) is 3.01. The Hall–Kier alpha value is -1.09. The highest BCUT2D eigenvalue weighted by molar-refractivity contribution is 9.10. The molecule has 0 radical (unpaired) electrons. The summed E-state index contributed by atoms with van der Waals surface area (Å²) in [6, 6.07) is 9.01. The van der Waals surface area contributed by atoms with Crippen LogP contribution in [0.1, 0.15) is 12.0 Å². The van der Waals surface area contributed by atoms with E-state index in [1.807, 2.05) is 12.1 Å². The molecule has 1 unspecified atom stereocenters. The Balaban J connectivity index is 1.69. The van der Waals surface area contributed by atoms with Crippen LogP contribution >= 0.6 is 15.9 Å². The van der Waals surface area contributed by atoms with E-state index in [0.717, 1.165) is 55.0 Å². The lowest BCUT2D eigenvalue weighted by molar-refractivity contribution is 0.196. The minimum absolute atomic E-state index is 0.704. The van der Waals surface area contributed by atoms with Crippen LogP contribution < -0.4 is 10.2 Å². The Morgan fingerprint density at radius 2 is 2.05 bits per heavy atom. The van der Waals surface area contributed by atoms with Crippen LogP contribution in [0, 0.1) is 11.3 Å². The Labute approximate surface area is 128 Å². The predicted octanol–water partition coefficient (Wildman–Crippen LogP) is 1.80. The topological polar surface area (TPSA) is 42.3 Å². The molecule has 3 rings (SSSR count). The molecule has 0 aliphatic carbocycles. The van der Waals surface area contributed by atoms with Gasteiger partial charge >= 0.3 is 0 Å². The molecule has 0 amide bonds. The van der Waals surface area contributed by atoms with E-state index in [2.05, 4.69) is 43.2 Å². The van der Waals surface area contributed by atoms with Crippen molar-refractivity contribution in [2.75, 3.05) is 44.2 Å². The number of hydrogen-bond donors (Lipinski definition) is 1. The van der Waals surface area contributed by atoms with Crippen LogP contribution in [0.25, 0.3) is 0 Å². The molecule has 0 aromatic heterocycles. The van der Waals surface area contributed by atoms with E-state index in [9.17, 15) is 5.26 Å². The standard InChI is InChI=1S/C15H19BrN4/c16-14-2-1-3-15(13(14)10-17)20-8-6-19(7-9-20)12-4-5-18-11-12/h1-3,12,18H,4-9,11H2. The van der Waals surface area contributed by atoms with Crippen LogP contribution in [-0.4, -0.2) is 50.2 Å². The third-order valence-electron chi connectivity index (χ3n) is 4.31. The smallest absolute Gasteiger partial charge is 0.103 e. The molecule has 4 nitrogen and oxygen atoms in total. The molecule has 1 aromatic rings. The van der Waals surface area contributed by atoms with Crippen molar-refractivity contribution in [2.24, 2.45) is 0 Å². The summed E-state index contributed by atoms with van der Waals surface area (Å²) in [6.07, 6.45) is 1.26. The van der Waals surface area contributed by atoms with Gasteiger partial charge in [-0.05, 0) is 41.0 Å². The molecular formula is C15H19BrN4. The van der Waals surface area contributed by atoms with E-state index in [0.29, 0.717) is 6.04 Å². The molecular weight excluding hydrogens is 316 g/mol. The number of benzene rings is 1. The first-order valence-corrected chi connectivity index (χ1v) is 7.97. The van der Waals surface area contributed by atoms with Crippen molar-refractivity contribution in [1.29, 1.82) is 5.26 Å². The number of hydrogen-bond acceptors (Lipinski definition) is 4. The molecule has 2 fully saturated rings. The Bertz CT molecular complexity index is 511. The molecule has 5 heteroatoms. The highest BCUT2D eigenvalue weighted by Gasteiger charge is 2.26. The van der Waals surface area contributed by atoms with Crippen LogP contribution in [0.15, 0.2) is 22.7 Å². The first kappa shape index (κ1) is 13.9. The second-order valence-electron chi connectivity index (χ2n) is 5.42. The van der Waals surface area contributed by atoms with E-state index >= 15 is 0 Å². The van der Waals surface area contributed by atoms with Gasteiger partial charge in [0, 0.05) is 43.2 Å². The van der Waals surface area contributed by atoms with Crippen LogP contribution in [0.3, 0.4) is 0 Å². The van der Waals surface area contributed by atoms with Gasteiger partial charge in [0.1, 0.15) is 6.07 Å². The second-order valence-corrected chi connectivity index (χ2v) is 6.27. The van der Waals surface area contributed by atoms with E-state index in [1.165, 1.54) is 6.42 Å². The molecule has 0 bridgehead atoms. The Morgan fingerprint density at radius 3 is 2.70 bits per heavy atom. The molecule has 1 atom stereocenters. The predicted molar refractivity (Wildman–Crippen MR) is 83.9 cm³/mol. The number of halogens is 1. The maximum Gasteiger partial charge on any atom is 0.103 e. The van der Waals surface area contributed by atoms with Crippen molar-refractivity contribution in [3.63, 3.8) is 0 Å². The number of piperazine rings is 1. The van der Waals surface area contributed by atoms with E-state index in [4.69, 9.17) is 0 Å². The van der Waals surface area contributed by atoms with Gasteiger partial charge in [-0.3, -0.25) is 4.90 Å². The largest absolute Gasteiger partial charge is 0.368 e. The summed E-state index contributed by atoms with van der Waals surface area (Å²) < 4.78 is 0.889. The molecule has 2 aliphatic rings. The molecule has 2 saturated heterocycles. The maximum absolute atomic E-state index is 9.33. The van der Waals surface area contributed by atoms with Crippen LogP contribution in [0.4, 0.5) is 5.69 Å². The summed E-state index contributed by atoms with van der Waals surface area (Å²) in [5.74, 6) is 0. The van der Waals surface area contributed by atoms with Gasteiger partial charge in [0.05, 0.1) is 11.3 Å². The van der Waals surface area contributed by atoms with Gasteiger partial charge < -0.3 is 10.2 Å². The highest BCUT2D eigenvalue weighted by atomic mass is 79.9. The maximum atomic E-state index is 9.33. The van der Waals surface area contributed by atoms with Crippen molar-refractivity contribution < 1.29 is 0 Å².